The number of hydrogen-bond donors (Lipinski definition) is 1. The van der Waals surface area contributed by atoms with Crippen LogP contribution in [0.1, 0.15) is 43.1 Å². The molecular weight excluding hydrogens is 246 g/mol. The van der Waals surface area contributed by atoms with Crippen LogP contribution in [0.25, 0.3) is 0 Å². The van der Waals surface area contributed by atoms with Gasteiger partial charge >= 0.3 is 0 Å². The van der Waals surface area contributed by atoms with Crippen molar-refractivity contribution in [3.05, 3.63) is 53.3 Å². The van der Waals surface area contributed by atoms with Gasteiger partial charge in [-0.25, -0.2) is 0 Å². The molecule has 0 aliphatic rings. The first-order chi connectivity index (χ1) is 9.70. The maximum atomic E-state index is 4.47. The molecule has 3 heteroatoms. The van der Waals surface area contributed by atoms with Crippen molar-refractivity contribution in [2.24, 2.45) is 7.05 Å². The molecular formula is C17H25N3. The quantitative estimate of drug-likeness (QED) is 0.783. The van der Waals surface area contributed by atoms with Crippen molar-refractivity contribution >= 4 is 0 Å². The highest BCUT2D eigenvalue weighted by Gasteiger charge is 2.06. The Bertz CT molecular complexity index is 516. The molecule has 108 valence electrons. The Kier molecular flexibility index (Phi) is 5.36. The summed E-state index contributed by atoms with van der Waals surface area (Å²) in [5, 5.41) is 7.99. The lowest BCUT2D eigenvalue weighted by atomic mass is 9.98. The van der Waals surface area contributed by atoms with Gasteiger partial charge < -0.3 is 5.32 Å². The molecule has 0 spiro atoms. The number of hydrogen-bond acceptors (Lipinski definition) is 2. The van der Waals surface area contributed by atoms with Gasteiger partial charge in [-0.3, -0.25) is 4.68 Å². The molecule has 0 amide bonds. The predicted octanol–water partition coefficient (Wildman–Crippen LogP) is 3.27. The molecule has 0 saturated carbocycles. The predicted molar refractivity (Wildman–Crippen MR) is 83.8 cm³/mol. The van der Waals surface area contributed by atoms with E-state index in [0.717, 1.165) is 25.9 Å². The Morgan fingerprint density at radius 1 is 1.25 bits per heavy atom. The SMILES string of the molecule is CCc1cc(CNCCC(C)c2ccccc2)n(C)n1. The van der Waals surface area contributed by atoms with E-state index in [2.05, 4.69) is 60.7 Å². The van der Waals surface area contributed by atoms with Crippen molar-refractivity contribution in [3.63, 3.8) is 0 Å². The first kappa shape index (κ1) is 14.8. The topological polar surface area (TPSA) is 29.9 Å². The van der Waals surface area contributed by atoms with Crippen molar-refractivity contribution in [2.45, 2.75) is 39.2 Å². The lowest BCUT2D eigenvalue weighted by molar-refractivity contribution is 0.572. The van der Waals surface area contributed by atoms with Crippen molar-refractivity contribution in [3.8, 4) is 0 Å². The Balaban J connectivity index is 1.75. The molecule has 0 aliphatic carbocycles. The zero-order chi connectivity index (χ0) is 14.4. The van der Waals surface area contributed by atoms with Crippen LogP contribution in [0, 0.1) is 0 Å². The van der Waals surface area contributed by atoms with Crippen molar-refractivity contribution in [1.29, 1.82) is 0 Å². The fourth-order valence-electron chi connectivity index (χ4n) is 2.39. The molecule has 0 fully saturated rings. The Hall–Kier alpha value is -1.61. The van der Waals surface area contributed by atoms with Gasteiger partial charge in [0.05, 0.1) is 11.4 Å². The van der Waals surface area contributed by atoms with E-state index in [4.69, 9.17) is 0 Å². The van der Waals surface area contributed by atoms with Crippen molar-refractivity contribution in [1.82, 2.24) is 15.1 Å². The van der Waals surface area contributed by atoms with Crippen LogP contribution in [-0.4, -0.2) is 16.3 Å². The summed E-state index contributed by atoms with van der Waals surface area (Å²) in [6, 6.07) is 12.9. The third kappa shape index (κ3) is 3.94. The highest BCUT2D eigenvalue weighted by molar-refractivity contribution is 5.18. The molecule has 1 unspecified atom stereocenters. The Morgan fingerprint density at radius 2 is 2.00 bits per heavy atom. The van der Waals surface area contributed by atoms with Gasteiger partial charge in [-0.2, -0.15) is 5.10 Å². The van der Waals surface area contributed by atoms with Crippen molar-refractivity contribution < 1.29 is 0 Å². The average Bonchev–Trinajstić information content (AvgIpc) is 2.85. The number of aromatic nitrogens is 2. The second-order valence-corrected chi connectivity index (χ2v) is 5.38. The molecule has 0 saturated heterocycles. The van der Waals surface area contributed by atoms with E-state index >= 15 is 0 Å². The van der Waals surface area contributed by atoms with Gasteiger partial charge in [-0.15, -0.1) is 0 Å². The highest BCUT2D eigenvalue weighted by Crippen LogP contribution is 2.17. The highest BCUT2D eigenvalue weighted by atomic mass is 15.3. The minimum Gasteiger partial charge on any atom is -0.311 e. The summed E-state index contributed by atoms with van der Waals surface area (Å²) in [5.74, 6) is 0.599. The summed E-state index contributed by atoms with van der Waals surface area (Å²) in [4.78, 5) is 0. The molecule has 0 radical (unpaired) electrons. The fraction of sp³-hybridized carbons (Fsp3) is 0.471. The first-order valence-electron chi connectivity index (χ1n) is 7.48. The average molecular weight is 271 g/mol. The fourth-order valence-corrected chi connectivity index (χ4v) is 2.39. The summed E-state index contributed by atoms with van der Waals surface area (Å²) < 4.78 is 1.98. The van der Waals surface area contributed by atoms with E-state index in [1.807, 2.05) is 11.7 Å². The van der Waals surface area contributed by atoms with Gasteiger partial charge in [0.1, 0.15) is 0 Å². The molecule has 1 aromatic carbocycles. The summed E-state index contributed by atoms with van der Waals surface area (Å²) in [7, 11) is 2.02. The number of nitrogens with zero attached hydrogens (tertiary/aromatic N) is 2. The van der Waals surface area contributed by atoms with E-state index in [0.29, 0.717) is 5.92 Å². The standard InChI is InChI=1S/C17H25N3/c1-4-16-12-17(20(3)19-16)13-18-11-10-14(2)15-8-6-5-7-9-15/h5-9,12,14,18H,4,10-11,13H2,1-3H3. The third-order valence-corrected chi connectivity index (χ3v) is 3.82. The van der Waals surface area contributed by atoms with Gasteiger partial charge in [0.25, 0.3) is 0 Å². The van der Waals surface area contributed by atoms with Crippen LogP contribution in [0.4, 0.5) is 0 Å². The van der Waals surface area contributed by atoms with Crippen molar-refractivity contribution in [2.75, 3.05) is 6.54 Å². The maximum absolute atomic E-state index is 4.47. The largest absolute Gasteiger partial charge is 0.311 e. The molecule has 2 rings (SSSR count). The van der Waals surface area contributed by atoms with E-state index in [1.165, 1.54) is 17.0 Å². The zero-order valence-electron chi connectivity index (χ0n) is 12.8. The van der Waals surface area contributed by atoms with Crippen LogP contribution in [0.15, 0.2) is 36.4 Å². The van der Waals surface area contributed by atoms with Crippen LogP contribution < -0.4 is 5.32 Å². The van der Waals surface area contributed by atoms with Crippen LogP contribution >= 0.6 is 0 Å². The second-order valence-electron chi connectivity index (χ2n) is 5.38. The Morgan fingerprint density at radius 3 is 2.65 bits per heavy atom. The summed E-state index contributed by atoms with van der Waals surface area (Å²) >= 11 is 0. The molecule has 0 bridgehead atoms. The van der Waals surface area contributed by atoms with E-state index in [1.54, 1.807) is 0 Å². The van der Waals surface area contributed by atoms with Crippen LogP contribution in [-0.2, 0) is 20.0 Å². The lowest BCUT2D eigenvalue weighted by Gasteiger charge is -2.12. The second kappa shape index (κ2) is 7.25. The first-order valence-corrected chi connectivity index (χ1v) is 7.48. The monoisotopic (exact) mass is 271 g/mol. The van der Waals surface area contributed by atoms with Crippen LogP contribution in [0.2, 0.25) is 0 Å². The molecule has 1 N–H and O–H groups in total. The molecule has 1 aromatic heterocycles. The molecule has 1 heterocycles. The summed E-state index contributed by atoms with van der Waals surface area (Å²) in [6.07, 6.45) is 2.15. The molecule has 20 heavy (non-hydrogen) atoms. The number of rotatable bonds is 7. The lowest BCUT2D eigenvalue weighted by Crippen LogP contribution is -2.18. The number of benzene rings is 1. The molecule has 3 nitrogen and oxygen atoms in total. The molecule has 0 aliphatic heterocycles. The van der Waals surface area contributed by atoms with Gasteiger partial charge in [-0.05, 0) is 36.9 Å². The minimum absolute atomic E-state index is 0.599. The third-order valence-electron chi connectivity index (χ3n) is 3.82. The van der Waals surface area contributed by atoms with E-state index in [9.17, 15) is 0 Å². The maximum Gasteiger partial charge on any atom is 0.0625 e. The van der Waals surface area contributed by atoms with Gasteiger partial charge in [0, 0.05) is 13.6 Å². The summed E-state index contributed by atoms with van der Waals surface area (Å²) in [5.41, 5.74) is 3.85. The van der Waals surface area contributed by atoms with Gasteiger partial charge in [0.2, 0.25) is 0 Å². The minimum atomic E-state index is 0.599. The Labute approximate surface area is 122 Å². The number of aryl methyl sites for hydroxylation is 2. The van der Waals surface area contributed by atoms with E-state index < -0.39 is 0 Å². The summed E-state index contributed by atoms with van der Waals surface area (Å²) in [6.45, 7) is 6.35. The smallest absolute Gasteiger partial charge is 0.0625 e. The molecule has 1 atom stereocenters. The zero-order valence-corrected chi connectivity index (χ0v) is 12.8. The van der Waals surface area contributed by atoms with Crippen LogP contribution in [0.3, 0.4) is 0 Å². The normalized spacial score (nSPS) is 12.6. The van der Waals surface area contributed by atoms with Gasteiger partial charge in [-0.1, -0.05) is 44.2 Å². The van der Waals surface area contributed by atoms with Crippen LogP contribution in [0.5, 0.6) is 0 Å². The molecule has 2 aromatic rings. The number of nitrogens with one attached hydrogen (secondary N) is 1. The van der Waals surface area contributed by atoms with Gasteiger partial charge in [0.15, 0.2) is 0 Å². The van der Waals surface area contributed by atoms with E-state index in [-0.39, 0.29) is 0 Å².